The number of carbonyl (C=O) groups excluding carboxylic acids is 1. The topological polar surface area (TPSA) is 90.9 Å². The summed E-state index contributed by atoms with van der Waals surface area (Å²) in [6, 6.07) is 4.82. The highest BCUT2D eigenvalue weighted by molar-refractivity contribution is 6.35. The van der Waals surface area contributed by atoms with Gasteiger partial charge in [-0.05, 0) is 24.6 Å². The van der Waals surface area contributed by atoms with Crippen LogP contribution in [0.3, 0.4) is 0 Å². The zero-order chi connectivity index (χ0) is 19.7. The number of fused-ring (bicyclic) bond motifs is 1. The molecule has 1 amide bonds. The van der Waals surface area contributed by atoms with Gasteiger partial charge in [-0.25, -0.2) is 9.78 Å². The minimum atomic E-state index is -0.435. The predicted molar refractivity (Wildman–Crippen MR) is 105 cm³/mol. The monoisotopic (exact) mass is 409 g/mol. The third-order valence-corrected chi connectivity index (χ3v) is 4.79. The fraction of sp³-hybridized carbons (Fsp3) is 0.294. The van der Waals surface area contributed by atoms with Crippen molar-refractivity contribution in [2.24, 2.45) is 14.1 Å². The van der Waals surface area contributed by atoms with E-state index in [9.17, 15) is 14.4 Å². The molecule has 10 heteroatoms. The third kappa shape index (κ3) is 3.77. The van der Waals surface area contributed by atoms with Gasteiger partial charge in [-0.2, -0.15) is 0 Å². The van der Waals surface area contributed by atoms with E-state index in [1.807, 2.05) is 0 Å². The summed E-state index contributed by atoms with van der Waals surface area (Å²) in [4.78, 5) is 40.6. The first-order valence-electron chi connectivity index (χ1n) is 8.15. The van der Waals surface area contributed by atoms with Gasteiger partial charge in [-0.3, -0.25) is 18.7 Å². The second-order valence-electron chi connectivity index (χ2n) is 6.09. The van der Waals surface area contributed by atoms with Crippen LogP contribution >= 0.6 is 23.2 Å². The van der Waals surface area contributed by atoms with Crippen molar-refractivity contribution in [2.75, 3.05) is 5.32 Å². The maximum atomic E-state index is 12.4. The van der Waals surface area contributed by atoms with Crippen molar-refractivity contribution in [3.8, 4) is 0 Å². The molecule has 0 spiro atoms. The summed E-state index contributed by atoms with van der Waals surface area (Å²) in [6.07, 6.45) is 2.19. The van der Waals surface area contributed by atoms with Crippen molar-refractivity contribution in [3.63, 3.8) is 0 Å². The molecule has 0 unspecified atom stereocenters. The maximum Gasteiger partial charge on any atom is 0.332 e. The predicted octanol–water partition coefficient (Wildman–Crippen LogP) is 2.16. The molecule has 2 heterocycles. The lowest BCUT2D eigenvalue weighted by Crippen LogP contribution is -2.37. The zero-order valence-corrected chi connectivity index (χ0v) is 16.2. The number of nitrogens with one attached hydrogen (secondary N) is 1. The van der Waals surface area contributed by atoms with Crippen LogP contribution in [-0.4, -0.2) is 24.6 Å². The SMILES string of the molecule is Cn1c(=O)c2c(ncn2CCCC(=O)Nc2cc(Cl)ccc2Cl)n(C)c1=O. The molecule has 0 radical (unpaired) electrons. The second-order valence-corrected chi connectivity index (χ2v) is 6.94. The molecule has 0 bridgehead atoms. The van der Waals surface area contributed by atoms with E-state index in [1.165, 1.54) is 17.9 Å². The lowest BCUT2D eigenvalue weighted by molar-refractivity contribution is -0.116. The van der Waals surface area contributed by atoms with Crippen LogP contribution in [0.4, 0.5) is 5.69 Å². The number of anilines is 1. The van der Waals surface area contributed by atoms with Gasteiger partial charge in [0, 0.05) is 32.1 Å². The number of carbonyl (C=O) groups is 1. The van der Waals surface area contributed by atoms with Crippen molar-refractivity contribution < 1.29 is 4.79 Å². The van der Waals surface area contributed by atoms with Crippen LogP contribution in [0.15, 0.2) is 34.1 Å². The number of nitrogens with zero attached hydrogens (tertiary/aromatic N) is 4. The summed E-state index contributed by atoms with van der Waals surface area (Å²) in [7, 11) is 2.98. The molecule has 27 heavy (non-hydrogen) atoms. The molecule has 0 aliphatic heterocycles. The number of amides is 1. The lowest BCUT2D eigenvalue weighted by Gasteiger charge is -2.09. The lowest BCUT2D eigenvalue weighted by atomic mass is 10.2. The quantitative estimate of drug-likeness (QED) is 0.698. The molecule has 0 saturated heterocycles. The van der Waals surface area contributed by atoms with Gasteiger partial charge in [0.2, 0.25) is 5.91 Å². The van der Waals surface area contributed by atoms with Gasteiger partial charge in [-0.1, -0.05) is 23.2 Å². The number of aryl methyl sites for hydroxylation is 2. The Kier molecular flexibility index (Phi) is 5.38. The van der Waals surface area contributed by atoms with Crippen molar-refractivity contribution >= 4 is 46.0 Å². The van der Waals surface area contributed by atoms with E-state index in [4.69, 9.17) is 23.2 Å². The van der Waals surface area contributed by atoms with Gasteiger partial charge in [0.25, 0.3) is 5.56 Å². The third-order valence-electron chi connectivity index (χ3n) is 4.22. The molecular weight excluding hydrogens is 393 g/mol. The number of hydrogen-bond acceptors (Lipinski definition) is 4. The van der Waals surface area contributed by atoms with Gasteiger partial charge in [0.1, 0.15) is 0 Å². The molecule has 142 valence electrons. The van der Waals surface area contributed by atoms with Gasteiger partial charge in [0.15, 0.2) is 11.2 Å². The van der Waals surface area contributed by atoms with Crippen LogP contribution in [0.1, 0.15) is 12.8 Å². The number of benzene rings is 1. The number of hydrogen-bond donors (Lipinski definition) is 1. The standard InChI is InChI=1S/C17H17Cl2N5O3/c1-22-15-14(16(26)23(2)17(22)27)24(9-20-15)7-3-4-13(25)21-12-8-10(18)5-6-11(12)19/h5-6,8-9H,3-4,7H2,1-2H3,(H,21,25). The summed E-state index contributed by atoms with van der Waals surface area (Å²) >= 11 is 11.9. The second kappa shape index (κ2) is 7.58. The minimum absolute atomic E-state index is 0.217. The first-order chi connectivity index (χ1) is 12.8. The summed E-state index contributed by atoms with van der Waals surface area (Å²) in [5.74, 6) is -0.219. The van der Waals surface area contributed by atoms with Crippen LogP contribution in [0.5, 0.6) is 0 Å². The smallest absolute Gasteiger partial charge is 0.325 e. The fourth-order valence-corrected chi connectivity index (χ4v) is 3.12. The highest BCUT2D eigenvalue weighted by Crippen LogP contribution is 2.25. The molecule has 8 nitrogen and oxygen atoms in total. The molecule has 0 atom stereocenters. The van der Waals surface area contributed by atoms with Crippen molar-refractivity contribution in [1.82, 2.24) is 18.7 Å². The highest BCUT2D eigenvalue weighted by atomic mass is 35.5. The molecular formula is C17H17Cl2N5O3. The van der Waals surface area contributed by atoms with Crippen LogP contribution in [0.2, 0.25) is 10.0 Å². The van der Waals surface area contributed by atoms with Gasteiger partial charge >= 0.3 is 5.69 Å². The molecule has 3 rings (SSSR count). The highest BCUT2D eigenvalue weighted by Gasteiger charge is 2.14. The largest absolute Gasteiger partial charge is 0.332 e. The minimum Gasteiger partial charge on any atom is -0.325 e. The molecule has 0 aliphatic rings. The summed E-state index contributed by atoms with van der Waals surface area (Å²) in [5.41, 5.74) is 0.249. The van der Waals surface area contributed by atoms with Crippen molar-refractivity contribution in [1.29, 1.82) is 0 Å². The zero-order valence-electron chi connectivity index (χ0n) is 14.7. The van der Waals surface area contributed by atoms with E-state index in [2.05, 4.69) is 10.3 Å². The molecule has 1 N–H and O–H groups in total. The van der Waals surface area contributed by atoms with Gasteiger partial charge in [0.05, 0.1) is 17.0 Å². The van der Waals surface area contributed by atoms with Crippen LogP contribution in [0.25, 0.3) is 11.2 Å². The van der Waals surface area contributed by atoms with Crippen LogP contribution in [-0.2, 0) is 25.4 Å². The summed E-state index contributed by atoms with van der Waals surface area (Å²) in [5, 5.41) is 3.59. The van der Waals surface area contributed by atoms with Crippen molar-refractivity contribution in [3.05, 3.63) is 55.4 Å². The Morgan fingerprint density at radius 3 is 2.67 bits per heavy atom. The maximum absolute atomic E-state index is 12.4. The van der Waals surface area contributed by atoms with E-state index < -0.39 is 11.2 Å². The molecule has 0 aliphatic carbocycles. The summed E-state index contributed by atoms with van der Waals surface area (Å²) in [6.45, 7) is 0.403. The molecule has 0 saturated carbocycles. The number of rotatable bonds is 5. The number of aromatic nitrogens is 4. The van der Waals surface area contributed by atoms with E-state index in [-0.39, 0.29) is 12.3 Å². The van der Waals surface area contributed by atoms with E-state index in [0.29, 0.717) is 39.9 Å². The average Bonchev–Trinajstić information content (AvgIpc) is 3.05. The fourth-order valence-electron chi connectivity index (χ4n) is 2.78. The molecule has 1 aromatic carbocycles. The Morgan fingerprint density at radius 2 is 1.93 bits per heavy atom. The summed E-state index contributed by atoms with van der Waals surface area (Å²) < 4.78 is 4.01. The Labute approximate surface area is 163 Å². The Balaban J connectivity index is 1.71. The van der Waals surface area contributed by atoms with Gasteiger partial charge < -0.3 is 9.88 Å². The van der Waals surface area contributed by atoms with E-state index in [0.717, 1.165) is 4.57 Å². The number of halogens is 2. The van der Waals surface area contributed by atoms with E-state index in [1.54, 1.807) is 29.8 Å². The van der Waals surface area contributed by atoms with Crippen LogP contribution < -0.4 is 16.6 Å². The molecule has 3 aromatic rings. The Hall–Kier alpha value is -2.58. The Bertz CT molecular complexity index is 1150. The van der Waals surface area contributed by atoms with Gasteiger partial charge in [-0.15, -0.1) is 0 Å². The van der Waals surface area contributed by atoms with E-state index >= 15 is 0 Å². The average molecular weight is 410 g/mol. The Morgan fingerprint density at radius 1 is 1.19 bits per heavy atom. The van der Waals surface area contributed by atoms with Crippen molar-refractivity contribution in [2.45, 2.75) is 19.4 Å². The normalized spacial score (nSPS) is 11.1. The molecule has 2 aromatic heterocycles. The van der Waals surface area contributed by atoms with Crippen LogP contribution in [0, 0.1) is 0 Å². The first-order valence-corrected chi connectivity index (χ1v) is 8.91. The molecule has 0 fully saturated rings. The first kappa shape index (κ1) is 19.2. The number of imidazole rings is 1.